The van der Waals surface area contributed by atoms with Crippen molar-refractivity contribution in [2.24, 2.45) is 0 Å². The van der Waals surface area contributed by atoms with Crippen LogP contribution in [0.15, 0.2) is 45.7 Å². The smallest absolute Gasteiger partial charge is 0.234 e. The predicted molar refractivity (Wildman–Crippen MR) is 93.4 cm³/mol. The Labute approximate surface area is 146 Å². The largest absolute Gasteiger partial charge is 0.463 e. The van der Waals surface area contributed by atoms with Crippen LogP contribution in [-0.4, -0.2) is 31.2 Å². The Morgan fingerprint density at radius 3 is 2.50 bits per heavy atom. The Kier molecular flexibility index (Phi) is 4.73. The Morgan fingerprint density at radius 1 is 1.21 bits per heavy atom. The minimum atomic E-state index is -3.21. The summed E-state index contributed by atoms with van der Waals surface area (Å²) in [5.74, 6) is 2.18. The van der Waals surface area contributed by atoms with Crippen LogP contribution in [0, 0.1) is 0 Å². The van der Waals surface area contributed by atoms with Crippen molar-refractivity contribution in [1.82, 2.24) is 4.90 Å². The molecule has 24 heavy (non-hydrogen) atoms. The zero-order valence-corrected chi connectivity index (χ0v) is 15.2. The highest BCUT2D eigenvalue weighted by molar-refractivity contribution is 8.00. The van der Waals surface area contributed by atoms with Crippen molar-refractivity contribution >= 4 is 27.5 Å². The van der Waals surface area contributed by atoms with Crippen molar-refractivity contribution in [3.8, 4) is 0 Å². The number of hydrogen-bond donors (Lipinski definition) is 0. The van der Waals surface area contributed by atoms with Crippen LogP contribution in [0.3, 0.4) is 0 Å². The van der Waals surface area contributed by atoms with Crippen LogP contribution in [0.25, 0.3) is 0 Å². The maximum absolute atomic E-state index is 12.2. The van der Waals surface area contributed by atoms with Gasteiger partial charge in [-0.1, -0.05) is 19.1 Å². The Hall–Kier alpha value is -1.73. The summed E-state index contributed by atoms with van der Waals surface area (Å²) < 4.78 is 28.9. The van der Waals surface area contributed by atoms with Crippen molar-refractivity contribution in [3.63, 3.8) is 0 Å². The van der Waals surface area contributed by atoms with Crippen molar-refractivity contribution < 1.29 is 17.6 Å². The van der Waals surface area contributed by atoms with E-state index >= 15 is 0 Å². The van der Waals surface area contributed by atoms with E-state index < -0.39 is 9.84 Å². The lowest BCUT2D eigenvalue weighted by Crippen LogP contribution is -2.27. The third-order valence-corrected chi connectivity index (χ3v) is 6.29. The van der Waals surface area contributed by atoms with E-state index in [0.717, 1.165) is 23.5 Å². The quantitative estimate of drug-likeness (QED) is 0.815. The summed E-state index contributed by atoms with van der Waals surface area (Å²) in [5, 5.41) is -0.132. The maximum atomic E-state index is 12.2. The van der Waals surface area contributed by atoms with Crippen LogP contribution in [-0.2, 0) is 27.6 Å². The first-order valence-electron chi connectivity index (χ1n) is 7.67. The molecular formula is C17H19NO4S2. The molecule has 128 valence electrons. The summed E-state index contributed by atoms with van der Waals surface area (Å²) in [7, 11) is -3.21. The Morgan fingerprint density at radius 2 is 1.92 bits per heavy atom. The molecule has 0 saturated carbocycles. The predicted octanol–water partition coefficient (Wildman–Crippen LogP) is 3.02. The second-order valence-electron chi connectivity index (χ2n) is 5.76. The van der Waals surface area contributed by atoms with E-state index in [0.29, 0.717) is 12.3 Å². The maximum Gasteiger partial charge on any atom is 0.234 e. The van der Waals surface area contributed by atoms with E-state index in [2.05, 4.69) is 0 Å². The van der Waals surface area contributed by atoms with Gasteiger partial charge in [0.05, 0.1) is 10.6 Å². The van der Waals surface area contributed by atoms with E-state index in [-0.39, 0.29) is 16.2 Å². The molecule has 5 nitrogen and oxygen atoms in total. The molecule has 1 atom stereocenters. The van der Waals surface area contributed by atoms with E-state index in [1.807, 2.05) is 19.1 Å². The SMILES string of the molecule is CCc1ccc(C2SCC(=O)N2Cc2ccc(S(C)(=O)=O)cc2)o1. The summed E-state index contributed by atoms with van der Waals surface area (Å²) in [4.78, 5) is 14.3. The monoisotopic (exact) mass is 365 g/mol. The molecule has 1 unspecified atom stereocenters. The molecule has 1 aliphatic rings. The molecule has 1 amide bonds. The summed E-state index contributed by atoms with van der Waals surface area (Å²) in [6.45, 7) is 2.46. The van der Waals surface area contributed by atoms with Crippen LogP contribution < -0.4 is 0 Å². The van der Waals surface area contributed by atoms with Gasteiger partial charge < -0.3 is 9.32 Å². The van der Waals surface area contributed by atoms with Crippen molar-refractivity contribution in [2.45, 2.75) is 30.2 Å². The van der Waals surface area contributed by atoms with Gasteiger partial charge in [-0.05, 0) is 29.8 Å². The molecule has 0 radical (unpaired) electrons. The van der Waals surface area contributed by atoms with Gasteiger partial charge in [0, 0.05) is 19.2 Å². The number of thioether (sulfide) groups is 1. The summed E-state index contributed by atoms with van der Waals surface area (Å²) >= 11 is 1.55. The number of furan rings is 1. The average molecular weight is 365 g/mol. The van der Waals surface area contributed by atoms with Crippen LogP contribution in [0.4, 0.5) is 0 Å². The van der Waals surface area contributed by atoms with Gasteiger partial charge in [-0.3, -0.25) is 4.79 Å². The van der Waals surface area contributed by atoms with Gasteiger partial charge in [0.2, 0.25) is 5.91 Å². The van der Waals surface area contributed by atoms with Crippen LogP contribution in [0.1, 0.15) is 29.4 Å². The number of nitrogens with zero attached hydrogens (tertiary/aromatic N) is 1. The standard InChI is InChI=1S/C17H19NO4S2/c1-3-13-6-9-15(22-13)17-18(16(19)11-23-17)10-12-4-7-14(8-5-12)24(2,20)21/h4-9,17H,3,10-11H2,1-2H3. The zero-order chi connectivity index (χ0) is 17.3. The number of aryl methyl sites for hydroxylation is 1. The highest BCUT2D eigenvalue weighted by Gasteiger charge is 2.34. The number of rotatable bonds is 5. The van der Waals surface area contributed by atoms with Gasteiger partial charge in [-0.2, -0.15) is 0 Å². The second kappa shape index (κ2) is 6.64. The molecule has 0 bridgehead atoms. The minimum Gasteiger partial charge on any atom is -0.463 e. The zero-order valence-electron chi connectivity index (χ0n) is 13.6. The number of benzene rings is 1. The molecule has 2 aromatic rings. The van der Waals surface area contributed by atoms with Gasteiger partial charge in [0.1, 0.15) is 16.9 Å². The summed E-state index contributed by atoms with van der Waals surface area (Å²) in [5.41, 5.74) is 0.894. The van der Waals surface area contributed by atoms with Gasteiger partial charge in [-0.25, -0.2) is 8.42 Å². The second-order valence-corrected chi connectivity index (χ2v) is 8.84. The van der Waals surface area contributed by atoms with E-state index in [1.165, 1.54) is 6.26 Å². The molecule has 0 N–H and O–H groups in total. The summed E-state index contributed by atoms with van der Waals surface area (Å²) in [6.07, 6.45) is 2.00. The van der Waals surface area contributed by atoms with E-state index in [9.17, 15) is 13.2 Å². The fraction of sp³-hybridized carbons (Fsp3) is 0.353. The number of carbonyl (C=O) groups is 1. The molecule has 1 aromatic carbocycles. The third kappa shape index (κ3) is 3.52. The highest BCUT2D eigenvalue weighted by Crippen LogP contribution is 2.40. The molecule has 3 rings (SSSR count). The number of hydrogen-bond acceptors (Lipinski definition) is 5. The number of sulfone groups is 1. The topological polar surface area (TPSA) is 67.6 Å². The summed E-state index contributed by atoms with van der Waals surface area (Å²) in [6, 6.07) is 10.5. The fourth-order valence-electron chi connectivity index (χ4n) is 2.62. The van der Waals surface area contributed by atoms with Gasteiger partial charge in [-0.15, -0.1) is 11.8 Å². The van der Waals surface area contributed by atoms with Crippen molar-refractivity contribution in [3.05, 3.63) is 53.5 Å². The fourth-order valence-corrected chi connectivity index (χ4v) is 4.38. The third-order valence-electron chi connectivity index (χ3n) is 3.95. The lowest BCUT2D eigenvalue weighted by molar-refractivity contribution is -0.128. The molecule has 1 aromatic heterocycles. The normalized spacial score (nSPS) is 18.3. The molecule has 0 aliphatic carbocycles. The van der Waals surface area contributed by atoms with Crippen LogP contribution >= 0.6 is 11.8 Å². The van der Waals surface area contributed by atoms with Gasteiger partial charge >= 0.3 is 0 Å². The first-order valence-corrected chi connectivity index (χ1v) is 10.6. The minimum absolute atomic E-state index is 0.0617. The molecule has 1 saturated heterocycles. The lowest BCUT2D eigenvalue weighted by atomic mass is 10.2. The molecule has 1 aliphatic heterocycles. The Bertz CT molecular complexity index is 840. The highest BCUT2D eigenvalue weighted by atomic mass is 32.2. The number of carbonyl (C=O) groups excluding carboxylic acids is 1. The number of amides is 1. The lowest BCUT2D eigenvalue weighted by Gasteiger charge is -2.22. The van der Waals surface area contributed by atoms with Crippen LogP contribution in [0.2, 0.25) is 0 Å². The van der Waals surface area contributed by atoms with E-state index in [1.54, 1.807) is 40.9 Å². The van der Waals surface area contributed by atoms with Gasteiger partial charge in [0.25, 0.3) is 0 Å². The molecule has 0 spiro atoms. The first kappa shape index (κ1) is 17.1. The first-order chi connectivity index (χ1) is 11.4. The van der Waals surface area contributed by atoms with Crippen molar-refractivity contribution in [2.75, 3.05) is 12.0 Å². The molecule has 2 heterocycles. The average Bonchev–Trinajstić information content (AvgIpc) is 3.14. The van der Waals surface area contributed by atoms with Crippen LogP contribution in [0.5, 0.6) is 0 Å². The molecular weight excluding hydrogens is 346 g/mol. The Balaban J connectivity index is 1.80. The molecule has 1 fully saturated rings. The molecule has 7 heteroatoms. The van der Waals surface area contributed by atoms with Gasteiger partial charge in [0.15, 0.2) is 9.84 Å². The van der Waals surface area contributed by atoms with E-state index in [4.69, 9.17) is 4.42 Å². The van der Waals surface area contributed by atoms with Crippen molar-refractivity contribution in [1.29, 1.82) is 0 Å².